The van der Waals surface area contributed by atoms with Crippen molar-refractivity contribution in [1.29, 1.82) is 0 Å². The molecule has 328 valence electrons. The van der Waals surface area contributed by atoms with Gasteiger partial charge >= 0.3 is 0 Å². The Morgan fingerprint density at radius 3 is 1.68 bits per heavy atom. The molecule has 9 atom stereocenters. The van der Waals surface area contributed by atoms with E-state index in [1.54, 1.807) is 6.08 Å². The van der Waals surface area contributed by atoms with Crippen molar-refractivity contribution < 1.29 is 83.5 Å². The highest BCUT2D eigenvalue weighted by atomic mass is 16.7. The fourth-order valence-corrected chi connectivity index (χ4v) is 4.61. The minimum Gasteiger partial charge on any atom is -0.481 e. The van der Waals surface area contributed by atoms with Crippen molar-refractivity contribution in [2.75, 3.05) is 33.8 Å². The molecule has 56 heavy (non-hydrogen) atoms. The Bertz CT molecular complexity index is 1140. The number of likely N-dealkylation sites (N-methyl/N-ethyl adjacent to an activating group) is 1. The molecule has 24 nitrogen and oxygen atoms in total. The van der Waals surface area contributed by atoms with Crippen LogP contribution in [-0.4, -0.2) is 171 Å². The van der Waals surface area contributed by atoms with E-state index in [0.29, 0.717) is 31.6 Å². The summed E-state index contributed by atoms with van der Waals surface area (Å²) in [7, 11) is 2.79. The van der Waals surface area contributed by atoms with E-state index >= 15 is 0 Å². The van der Waals surface area contributed by atoms with Crippen LogP contribution >= 0.6 is 0 Å². The van der Waals surface area contributed by atoms with Crippen LogP contribution in [0.15, 0.2) is 11.8 Å². The first-order valence-corrected chi connectivity index (χ1v) is 16.8. The topological polar surface area (TPSA) is 434 Å². The van der Waals surface area contributed by atoms with Crippen LogP contribution in [0.3, 0.4) is 0 Å². The quantitative estimate of drug-likeness (QED) is 0.0898. The third-order valence-corrected chi connectivity index (χ3v) is 6.68. The summed E-state index contributed by atoms with van der Waals surface area (Å²) in [6.07, 6.45) is -2.42. The van der Waals surface area contributed by atoms with Gasteiger partial charge < -0.3 is 88.8 Å². The number of carboxylic acid groups (broad SMARTS) is 5. The van der Waals surface area contributed by atoms with Gasteiger partial charge in [-0.3, -0.25) is 33.6 Å². The number of aliphatic carboxylic acids is 5. The molecule has 0 aromatic carbocycles. The summed E-state index contributed by atoms with van der Waals surface area (Å²) in [5.41, 5.74) is 29.0. The van der Waals surface area contributed by atoms with Crippen molar-refractivity contribution >= 4 is 41.7 Å². The molecule has 2 amide bonds. The number of methoxy groups -OCH3 is 1. The fraction of sp³-hybridized carbons (Fsp3) is 0.719. The summed E-state index contributed by atoms with van der Waals surface area (Å²) in [5.74, 6) is -4.50. The van der Waals surface area contributed by atoms with E-state index in [0.717, 1.165) is 34.6 Å². The van der Waals surface area contributed by atoms with Gasteiger partial charge in [0.2, 0.25) is 18.1 Å². The molecule has 18 N–H and O–H groups in total. The lowest BCUT2D eigenvalue weighted by molar-refractivity contribution is -0.241. The zero-order chi connectivity index (χ0) is 44.9. The molecular formula is C32H63N7O17. The van der Waals surface area contributed by atoms with Crippen molar-refractivity contribution in [1.82, 2.24) is 10.2 Å². The predicted octanol–water partition coefficient (Wildman–Crippen LogP) is -3.78. The van der Waals surface area contributed by atoms with Gasteiger partial charge in [0, 0.05) is 61.2 Å². The van der Waals surface area contributed by atoms with E-state index in [-0.39, 0.29) is 31.5 Å². The van der Waals surface area contributed by atoms with Crippen molar-refractivity contribution in [3.8, 4) is 0 Å². The first-order valence-electron chi connectivity index (χ1n) is 16.8. The maximum atomic E-state index is 12.6. The number of rotatable bonds is 12. The lowest BCUT2D eigenvalue weighted by atomic mass is 9.80. The van der Waals surface area contributed by atoms with E-state index in [9.17, 15) is 19.8 Å². The van der Waals surface area contributed by atoms with Gasteiger partial charge in [-0.05, 0) is 31.9 Å². The van der Waals surface area contributed by atoms with Crippen LogP contribution in [0, 0.1) is 0 Å². The Kier molecular flexibility index (Phi) is 34.0. The zero-order valence-corrected chi connectivity index (χ0v) is 32.8. The molecular weight excluding hydrogens is 754 g/mol. The number of nitrogens with zero attached hydrogens (tertiary/aromatic N) is 1. The molecule has 1 saturated carbocycles. The lowest BCUT2D eigenvalue weighted by Crippen LogP contribution is -2.72. The number of aliphatic hydroxyl groups is 2. The maximum absolute atomic E-state index is 12.6. The third-order valence-electron chi connectivity index (χ3n) is 6.68. The zero-order valence-electron chi connectivity index (χ0n) is 32.8. The Morgan fingerprint density at radius 1 is 0.857 bits per heavy atom. The first-order chi connectivity index (χ1) is 25.7. The molecule has 0 aromatic heterocycles. The Balaban J connectivity index is -0.000000556. The standard InChI is InChI=1S/C22H43N7O7.5C2H4O2/c1-29(15(31)10-25)17-19(33)20(16(27)18(32)21(17)34-2)36-22-13(6-5-12(9-24)35-22)28-14(30)8-11(26)4-3-7-23;5*1-2(3)4/h5,11,13,16-22,32-33H,3-4,6-10,23-27H2,1-2H3,(H,28,30);5*1H3,(H,3,4). The predicted molar refractivity (Wildman–Crippen MR) is 197 cm³/mol. The number of nitrogens with two attached hydrogens (primary N) is 5. The van der Waals surface area contributed by atoms with Crippen molar-refractivity contribution in [2.24, 2.45) is 28.7 Å². The van der Waals surface area contributed by atoms with Gasteiger partial charge in [0.05, 0.1) is 37.3 Å². The maximum Gasteiger partial charge on any atom is 0.300 e. The molecule has 2 aliphatic rings. The summed E-state index contributed by atoms with van der Waals surface area (Å²) in [4.78, 5) is 71.1. The van der Waals surface area contributed by atoms with Crippen LogP contribution in [0.4, 0.5) is 0 Å². The molecule has 9 unspecified atom stereocenters. The summed E-state index contributed by atoms with van der Waals surface area (Å²) in [5, 5.41) is 62.0. The normalized spacial score (nSPS) is 23.6. The van der Waals surface area contributed by atoms with E-state index in [4.69, 9.17) is 92.4 Å². The smallest absolute Gasteiger partial charge is 0.300 e. The van der Waals surface area contributed by atoms with Crippen LogP contribution in [0.1, 0.15) is 60.3 Å². The summed E-state index contributed by atoms with van der Waals surface area (Å²) >= 11 is 0. The highest BCUT2D eigenvalue weighted by Gasteiger charge is 2.53. The SMILES string of the molecule is CC(=O)O.CC(=O)O.CC(=O)O.CC(=O)O.CC(=O)O.COC1C(O)C(N)C(OC2OC(CN)=CCC2NC(=O)CC(N)CCCN)C(O)C1N(C)C(=O)CN. The summed E-state index contributed by atoms with van der Waals surface area (Å²) in [6, 6.07) is -3.10. The number of ether oxygens (including phenoxy) is 3. The number of carbonyl (C=O) groups is 7. The average molecular weight is 818 g/mol. The second-order valence-corrected chi connectivity index (χ2v) is 11.8. The van der Waals surface area contributed by atoms with Crippen molar-refractivity contribution in [2.45, 2.75) is 115 Å². The van der Waals surface area contributed by atoms with E-state index < -0.39 is 84.6 Å². The Hall–Kier alpha value is -4.53. The van der Waals surface area contributed by atoms with Crippen LogP contribution in [-0.2, 0) is 47.8 Å². The molecule has 0 aromatic rings. The fourth-order valence-electron chi connectivity index (χ4n) is 4.61. The van der Waals surface area contributed by atoms with E-state index in [2.05, 4.69) is 5.32 Å². The van der Waals surface area contributed by atoms with Gasteiger partial charge in [-0.1, -0.05) is 0 Å². The Morgan fingerprint density at radius 2 is 1.30 bits per heavy atom. The molecule has 1 aliphatic heterocycles. The van der Waals surface area contributed by atoms with Crippen LogP contribution in [0.25, 0.3) is 0 Å². The number of carbonyl (C=O) groups excluding carboxylic acids is 2. The molecule has 1 aliphatic carbocycles. The van der Waals surface area contributed by atoms with Crippen molar-refractivity contribution in [3.63, 3.8) is 0 Å². The second-order valence-electron chi connectivity index (χ2n) is 11.8. The monoisotopic (exact) mass is 817 g/mol. The molecule has 0 bridgehead atoms. The molecule has 1 fully saturated rings. The number of aliphatic hydroxyl groups excluding tert-OH is 2. The minimum atomic E-state index is -1.37. The number of nitrogens with one attached hydrogen (secondary N) is 1. The number of hydrogen-bond acceptors (Lipinski definition) is 17. The van der Waals surface area contributed by atoms with Crippen LogP contribution in [0.2, 0.25) is 0 Å². The lowest BCUT2D eigenvalue weighted by Gasteiger charge is -2.49. The molecule has 0 radical (unpaired) electrons. The molecule has 1 heterocycles. The van der Waals surface area contributed by atoms with Crippen LogP contribution < -0.4 is 34.0 Å². The van der Waals surface area contributed by atoms with E-state index in [1.165, 1.54) is 19.1 Å². The molecule has 0 spiro atoms. The summed E-state index contributed by atoms with van der Waals surface area (Å²) < 4.78 is 17.3. The van der Waals surface area contributed by atoms with Crippen LogP contribution in [0.5, 0.6) is 0 Å². The van der Waals surface area contributed by atoms with Gasteiger partial charge in [0.25, 0.3) is 29.8 Å². The number of amides is 2. The van der Waals surface area contributed by atoms with Gasteiger partial charge in [-0.25, -0.2) is 0 Å². The van der Waals surface area contributed by atoms with E-state index in [1.807, 2.05) is 0 Å². The molecule has 24 heteroatoms. The summed E-state index contributed by atoms with van der Waals surface area (Å²) in [6.45, 7) is 5.69. The van der Waals surface area contributed by atoms with Gasteiger partial charge in [-0.2, -0.15) is 0 Å². The molecule has 2 rings (SSSR count). The average Bonchev–Trinajstić information content (AvgIpc) is 3.05. The first kappa shape index (κ1) is 58.2. The Labute approximate surface area is 324 Å². The largest absolute Gasteiger partial charge is 0.481 e. The highest BCUT2D eigenvalue weighted by Crippen LogP contribution is 2.30. The van der Waals surface area contributed by atoms with Gasteiger partial charge in [0.1, 0.15) is 24.1 Å². The highest BCUT2D eigenvalue weighted by molar-refractivity contribution is 5.78. The second kappa shape index (κ2) is 32.7. The number of carboxylic acids is 5. The van der Waals surface area contributed by atoms with Gasteiger partial charge in [0.15, 0.2) is 0 Å². The van der Waals surface area contributed by atoms with Crippen molar-refractivity contribution in [3.05, 3.63) is 11.8 Å². The third kappa shape index (κ3) is 29.8. The van der Waals surface area contributed by atoms with Gasteiger partial charge in [-0.15, -0.1) is 0 Å². The minimum absolute atomic E-state index is 0.0878. The number of hydrogen-bond donors (Lipinski definition) is 13. The molecule has 0 saturated heterocycles.